The maximum atomic E-state index is 13.1. The molecule has 0 saturated heterocycles. The standard InChI is InChI=1S/C17H15F3O4/c1-2-3-9-4-11(15(22)7-14(9)21)16(23)8-24-10-5-12(18)17(20)13(19)6-10/h4-7,21-22H,2-3,8H2,1H3. The number of benzene rings is 2. The van der Waals surface area contributed by atoms with E-state index in [9.17, 15) is 28.2 Å². The normalized spacial score (nSPS) is 10.7. The summed E-state index contributed by atoms with van der Waals surface area (Å²) in [5, 5.41) is 19.5. The first-order chi connectivity index (χ1) is 11.3. The van der Waals surface area contributed by atoms with Gasteiger partial charge >= 0.3 is 0 Å². The molecule has 0 amide bonds. The zero-order valence-corrected chi connectivity index (χ0v) is 12.8. The van der Waals surface area contributed by atoms with Crippen LogP contribution in [0.1, 0.15) is 29.3 Å². The second-order valence-corrected chi connectivity index (χ2v) is 5.16. The van der Waals surface area contributed by atoms with E-state index in [0.29, 0.717) is 24.1 Å². The fourth-order valence-electron chi connectivity index (χ4n) is 2.16. The van der Waals surface area contributed by atoms with Crippen molar-refractivity contribution in [3.8, 4) is 17.2 Å². The van der Waals surface area contributed by atoms with Crippen molar-refractivity contribution < 1.29 is 32.9 Å². The van der Waals surface area contributed by atoms with Crippen LogP contribution >= 0.6 is 0 Å². The summed E-state index contributed by atoms with van der Waals surface area (Å²) in [6, 6.07) is 3.62. The molecular weight excluding hydrogens is 325 g/mol. The number of ether oxygens (including phenoxy) is 1. The van der Waals surface area contributed by atoms with Gasteiger partial charge in [-0.25, -0.2) is 13.2 Å². The van der Waals surface area contributed by atoms with Crippen molar-refractivity contribution >= 4 is 5.78 Å². The molecule has 0 unspecified atom stereocenters. The van der Waals surface area contributed by atoms with Gasteiger partial charge in [0.25, 0.3) is 0 Å². The quantitative estimate of drug-likeness (QED) is 0.621. The van der Waals surface area contributed by atoms with Crippen LogP contribution in [0.4, 0.5) is 13.2 Å². The van der Waals surface area contributed by atoms with Crippen molar-refractivity contribution in [2.24, 2.45) is 0 Å². The van der Waals surface area contributed by atoms with Crippen LogP contribution < -0.4 is 4.74 Å². The van der Waals surface area contributed by atoms with E-state index in [1.54, 1.807) is 0 Å². The SMILES string of the molecule is CCCc1cc(C(=O)COc2cc(F)c(F)c(F)c2)c(O)cc1O. The van der Waals surface area contributed by atoms with Crippen LogP contribution in [0, 0.1) is 17.5 Å². The molecule has 0 heterocycles. The fourth-order valence-corrected chi connectivity index (χ4v) is 2.16. The van der Waals surface area contributed by atoms with E-state index < -0.39 is 35.6 Å². The van der Waals surface area contributed by atoms with E-state index >= 15 is 0 Å². The van der Waals surface area contributed by atoms with Gasteiger partial charge in [-0.2, -0.15) is 0 Å². The minimum Gasteiger partial charge on any atom is -0.508 e. The van der Waals surface area contributed by atoms with E-state index in [1.807, 2.05) is 6.92 Å². The fraction of sp³-hybridized carbons (Fsp3) is 0.235. The molecule has 0 atom stereocenters. The lowest BCUT2D eigenvalue weighted by molar-refractivity contribution is 0.0918. The Morgan fingerprint density at radius 1 is 1.04 bits per heavy atom. The number of hydrogen-bond donors (Lipinski definition) is 2. The lowest BCUT2D eigenvalue weighted by atomic mass is 10.0. The Morgan fingerprint density at radius 3 is 2.25 bits per heavy atom. The predicted octanol–water partition coefficient (Wildman–Crippen LogP) is 3.73. The summed E-state index contributed by atoms with van der Waals surface area (Å²) in [6.45, 7) is 1.27. The summed E-state index contributed by atoms with van der Waals surface area (Å²) < 4.78 is 44.0. The highest BCUT2D eigenvalue weighted by Gasteiger charge is 2.17. The molecule has 4 nitrogen and oxygen atoms in total. The largest absolute Gasteiger partial charge is 0.508 e. The summed E-state index contributed by atoms with van der Waals surface area (Å²) >= 11 is 0. The molecule has 24 heavy (non-hydrogen) atoms. The first kappa shape index (κ1) is 17.7. The Hall–Kier alpha value is -2.70. The van der Waals surface area contributed by atoms with Crippen molar-refractivity contribution in [2.45, 2.75) is 19.8 Å². The molecule has 0 saturated carbocycles. The Balaban J connectivity index is 2.17. The van der Waals surface area contributed by atoms with Gasteiger partial charge in [0, 0.05) is 18.2 Å². The van der Waals surface area contributed by atoms with Crippen molar-refractivity contribution in [3.63, 3.8) is 0 Å². The number of rotatable bonds is 6. The summed E-state index contributed by atoms with van der Waals surface area (Å²) in [5.74, 6) is -6.08. The summed E-state index contributed by atoms with van der Waals surface area (Å²) in [7, 11) is 0. The van der Waals surface area contributed by atoms with Gasteiger partial charge < -0.3 is 14.9 Å². The average Bonchev–Trinajstić information content (AvgIpc) is 2.52. The molecule has 128 valence electrons. The first-order valence-corrected chi connectivity index (χ1v) is 7.18. The first-order valence-electron chi connectivity index (χ1n) is 7.18. The van der Waals surface area contributed by atoms with Crippen molar-refractivity contribution in [1.29, 1.82) is 0 Å². The third kappa shape index (κ3) is 3.79. The molecule has 0 fully saturated rings. The van der Waals surface area contributed by atoms with E-state index in [-0.39, 0.29) is 17.1 Å². The number of halogens is 3. The van der Waals surface area contributed by atoms with Gasteiger partial charge in [0.15, 0.2) is 24.1 Å². The lowest BCUT2D eigenvalue weighted by Gasteiger charge is -2.10. The zero-order chi connectivity index (χ0) is 17.9. The Bertz CT molecular complexity index is 752. The number of carbonyl (C=O) groups is 1. The van der Waals surface area contributed by atoms with E-state index in [2.05, 4.69) is 0 Å². The molecule has 2 rings (SSSR count). The van der Waals surface area contributed by atoms with Gasteiger partial charge in [0.1, 0.15) is 17.2 Å². The number of phenols is 2. The smallest absolute Gasteiger partial charge is 0.203 e. The van der Waals surface area contributed by atoms with Crippen LogP contribution in [0.3, 0.4) is 0 Å². The maximum absolute atomic E-state index is 13.1. The highest BCUT2D eigenvalue weighted by atomic mass is 19.2. The number of ketones is 1. The van der Waals surface area contributed by atoms with Gasteiger partial charge in [0.05, 0.1) is 5.56 Å². The van der Waals surface area contributed by atoms with Crippen molar-refractivity contribution in [1.82, 2.24) is 0 Å². The van der Waals surface area contributed by atoms with Crippen LogP contribution in [0.2, 0.25) is 0 Å². The van der Waals surface area contributed by atoms with Gasteiger partial charge in [-0.15, -0.1) is 0 Å². The highest BCUT2D eigenvalue weighted by Crippen LogP contribution is 2.29. The number of aryl methyl sites for hydroxylation is 1. The van der Waals surface area contributed by atoms with Crippen LogP contribution in [0.15, 0.2) is 24.3 Å². The number of phenolic OH excluding ortho intramolecular Hbond substituents is 2. The van der Waals surface area contributed by atoms with Gasteiger partial charge in [-0.05, 0) is 18.1 Å². The number of hydrogen-bond acceptors (Lipinski definition) is 4. The van der Waals surface area contributed by atoms with Crippen molar-refractivity contribution in [3.05, 3.63) is 52.8 Å². The molecular formula is C17H15F3O4. The van der Waals surface area contributed by atoms with Gasteiger partial charge in [-0.1, -0.05) is 13.3 Å². The topological polar surface area (TPSA) is 66.8 Å². The zero-order valence-electron chi connectivity index (χ0n) is 12.8. The highest BCUT2D eigenvalue weighted by molar-refractivity contribution is 6.00. The molecule has 0 aliphatic rings. The second-order valence-electron chi connectivity index (χ2n) is 5.16. The third-order valence-corrected chi connectivity index (χ3v) is 3.34. The van der Waals surface area contributed by atoms with E-state index in [1.165, 1.54) is 6.07 Å². The number of carbonyl (C=O) groups excluding carboxylic acids is 1. The van der Waals surface area contributed by atoms with E-state index in [0.717, 1.165) is 12.5 Å². The predicted molar refractivity (Wildman–Crippen MR) is 79.9 cm³/mol. The number of aromatic hydroxyl groups is 2. The molecule has 0 aromatic heterocycles. The maximum Gasteiger partial charge on any atom is 0.203 e. The molecule has 0 spiro atoms. The lowest BCUT2D eigenvalue weighted by Crippen LogP contribution is -2.12. The molecule has 0 aliphatic carbocycles. The second kappa shape index (κ2) is 7.25. The molecule has 7 heteroatoms. The molecule has 2 aromatic carbocycles. The summed E-state index contributed by atoms with van der Waals surface area (Å²) in [5.41, 5.74) is 0.400. The molecule has 0 bridgehead atoms. The van der Waals surface area contributed by atoms with E-state index in [4.69, 9.17) is 4.74 Å². The Morgan fingerprint density at radius 2 is 1.67 bits per heavy atom. The summed E-state index contributed by atoms with van der Waals surface area (Å²) in [4.78, 5) is 12.1. The average molecular weight is 340 g/mol. The molecule has 2 aromatic rings. The van der Waals surface area contributed by atoms with Gasteiger partial charge in [0.2, 0.25) is 5.78 Å². The van der Waals surface area contributed by atoms with Gasteiger partial charge in [-0.3, -0.25) is 4.79 Å². The van der Waals surface area contributed by atoms with Crippen molar-refractivity contribution in [2.75, 3.05) is 6.61 Å². The Labute approximate surface area is 136 Å². The third-order valence-electron chi connectivity index (χ3n) is 3.34. The minimum absolute atomic E-state index is 0.0840. The molecule has 2 N–H and O–H groups in total. The summed E-state index contributed by atoms with van der Waals surface area (Å²) in [6.07, 6.45) is 1.22. The molecule has 0 aliphatic heterocycles. The monoisotopic (exact) mass is 340 g/mol. The Kier molecular flexibility index (Phi) is 5.33. The molecule has 0 radical (unpaired) electrons. The van der Waals surface area contributed by atoms with Crippen LogP contribution in [-0.4, -0.2) is 22.6 Å². The number of Topliss-reactive ketones (excluding diaryl/α,β-unsaturated/α-hetero) is 1. The van der Waals surface area contributed by atoms with Crippen LogP contribution in [0.25, 0.3) is 0 Å². The minimum atomic E-state index is -1.63. The van der Waals surface area contributed by atoms with Crippen LogP contribution in [0.5, 0.6) is 17.2 Å². The van der Waals surface area contributed by atoms with Crippen LogP contribution in [-0.2, 0) is 6.42 Å².